The van der Waals surface area contributed by atoms with Crippen LogP contribution in [0.4, 0.5) is 5.69 Å². The van der Waals surface area contributed by atoms with E-state index in [-0.39, 0.29) is 5.91 Å². The predicted octanol–water partition coefficient (Wildman–Crippen LogP) is 3.22. The van der Waals surface area contributed by atoms with E-state index in [1.165, 1.54) is 0 Å². The van der Waals surface area contributed by atoms with Crippen molar-refractivity contribution in [3.05, 3.63) is 53.0 Å². The summed E-state index contributed by atoms with van der Waals surface area (Å²) in [6.07, 6.45) is 0.342. The summed E-state index contributed by atoms with van der Waals surface area (Å²) < 4.78 is 2.61. The van der Waals surface area contributed by atoms with Crippen molar-refractivity contribution < 1.29 is 4.79 Å². The Kier molecular flexibility index (Phi) is 3.96. The van der Waals surface area contributed by atoms with Crippen LogP contribution in [0.15, 0.2) is 53.0 Å². The molecule has 1 heterocycles. The van der Waals surface area contributed by atoms with E-state index in [1.54, 1.807) is 4.68 Å². The molecule has 0 aliphatic rings. The first-order chi connectivity index (χ1) is 10.2. The summed E-state index contributed by atoms with van der Waals surface area (Å²) in [7, 11) is 0. The molecule has 1 amide bonds. The van der Waals surface area contributed by atoms with Gasteiger partial charge in [-0.2, -0.15) is 0 Å². The van der Waals surface area contributed by atoms with Crippen molar-refractivity contribution in [3.8, 4) is 0 Å². The minimum Gasteiger partial charge on any atom is -0.325 e. The van der Waals surface area contributed by atoms with Crippen LogP contribution in [0.2, 0.25) is 0 Å². The van der Waals surface area contributed by atoms with E-state index >= 15 is 0 Å². The van der Waals surface area contributed by atoms with Crippen molar-refractivity contribution in [3.63, 3.8) is 0 Å². The van der Waals surface area contributed by atoms with Gasteiger partial charge in [-0.05, 0) is 40.2 Å². The predicted molar refractivity (Wildman–Crippen MR) is 84.9 cm³/mol. The number of carbonyl (C=O) groups excluding carboxylic acids is 1. The van der Waals surface area contributed by atoms with Gasteiger partial charge in [0.1, 0.15) is 5.52 Å². The molecule has 3 rings (SSSR count). The largest absolute Gasteiger partial charge is 0.325 e. The van der Waals surface area contributed by atoms with Crippen LogP contribution in [-0.4, -0.2) is 20.9 Å². The van der Waals surface area contributed by atoms with E-state index in [1.807, 2.05) is 48.5 Å². The molecular weight excluding hydrogens is 332 g/mol. The van der Waals surface area contributed by atoms with Crippen LogP contribution in [-0.2, 0) is 11.3 Å². The maximum atomic E-state index is 12.0. The minimum atomic E-state index is -0.0542. The van der Waals surface area contributed by atoms with Crippen molar-refractivity contribution in [2.24, 2.45) is 0 Å². The van der Waals surface area contributed by atoms with Crippen LogP contribution < -0.4 is 5.32 Å². The van der Waals surface area contributed by atoms with Crippen molar-refractivity contribution in [1.29, 1.82) is 0 Å². The zero-order chi connectivity index (χ0) is 14.7. The van der Waals surface area contributed by atoms with Gasteiger partial charge in [-0.1, -0.05) is 29.5 Å². The fourth-order valence-electron chi connectivity index (χ4n) is 2.07. The summed E-state index contributed by atoms with van der Waals surface area (Å²) in [5.41, 5.74) is 2.54. The quantitative estimate of drug-likeness (QED) is 0.790. The van der Waals surface area contributed by atoms with Gasteiger partial charge >= 0.3 is 0 Å². The average molecular weight is 345 g/mol. The van der Waals surface area contributed by atoms with Gasteiger partial charge in [0.05, 0.1) is 17.7 Å². The Labute approximate surface area is 130 Å². The monoisotopic (exact) mass is 344 g/mol. The molecule has 3 aromatic rings. The van der Waals surface area contributed by atoms with E-state index in [2.05, 4.69) is 31.6 Å². The Morgan fingerprint density at radius 3 is 2.76 bits per heavy atom. The number of nitrogens with zero attached hydrogens (tertiary/aromatic N) is 3. The topological polar surface area (TPSA) is 59.8 Å². The van der Waals surface area contributed by atoms with Gasteiger partial charge in [-0.3, -0.25) is 4.79 Å². The standard InChI is InChI=1S/C15H13BrN4O/c16-11-5-1-2-6-12(11)17-15(21)9-10-20-14-8-4-3-7-13(14)18-19-20/h1-8H,9-10H2,(H,17,21). The molecule has 0 fully saturated rings. The molecule has 1 aromatic heterocycles. The van der Waals surface area contributed by atoms with Crippen molar-refractivity contribution >= 4 is 38.6 Å². The smallest absolute Gasteiger partial charge is 0.226 e. The van der Waals surface area contributed by atoms with Crippen LogP contribution in [0, 0.1) is 0 Å². The van der Waals surface area contributed by atoms with Crippen LogP contribution in [0.3, 0.4) is 0 Å². The number of hydrogen-bond acceptors (Lipinski definition) is 3. The zero-order valence-corrected chi connectivity index (χ0v) is 12.7. The molecule has 0 aliphatic heterocycles. The molecule has 1 N–H and O–H groups in total. The van der Waals surface area contributed by atoms with Gasteiger partial charge in [0, 0.05) is 10.9 Å². The first kappa shape index (κ1) is 13.8. The number of amides is 1. The molecule has 0 radical (unpaired) electrons. The molecule has 0 atom stereocenters. The Bertz CT molecular complexity index is 784. The molecule has 106 valence electrons. The highest BCUT2D eigenvalue weighted by Gasteiger charge is 2.08. The van der Waals surface area contributed by atoms with Crippen molar-refractivity contribution in [2.45, 2.75) is 13.0 Å². The lowest BCUT2D eigenvalue weighted by molar-refractivity contribution is -0.116. The molecule has 0 spiro atoms. The van der Waals surface area contributed by atoms with Crippen LogP contribution in [0.1, 0.15) is 6.42 Å². The summed E-state index contributed by atoms with van der Waals surface area (Å²) in [5, 5.41) is 11.0. The van der Waals surface area contributed by atoms with E-state index in [0.717, 1.165) is 21.2 Å². The first-order valence-corrected chi connectivity index (χ1v) is 7.36. The number of hydrogen-bond donors (Lipinski definition) is 1. The van der Waals surface area contributed by atoms with Gasteiger partial charge in [0.25, 0.3) is 0 Å². The number of halogens is 1. The van der Waals surface area contributed by atoms with E-state index in [0.29, 0.717) is 13.0 Å². The highest BCUT2D eigenvalue weighted by atomic mass is 79.9. The Morgan fingerprint density at radius 2 is 1.90 bits per heavy atom. The van der Waals surface area contributed by atoms with E-state index < -0.39 is 0 Å². The van der Waals surface area contributed by atoms with Gasteiger partial charge in [-0.15, -0.1) is 5.10 Å². The maximum Gasteiger partial charge on any atom is 0.226 e. The lowest BCUT2D eigenvalue weighted by Crippen LogP contribution is -2.15. The molecule has 21 heavy (non-hydrogen) atoms. The fourth-order valence-corrected chi connectivity index (χ4v) is 2.45. The Hall–Kier alpha value is -2.21. The third kappa shape index (κ3) is 3.11. The molecule has 0 bridgehead atoms. The number of anilines is 1. The number of aryl methyl sites for hydroxylation is 1. The Balaban J connectivity index is 1.65. The third-order valence-electron chi connectivity index (χ3n) is 3.12. The summed E-state index contributed by atoms with van der Waals surface area (Å²) in [5.74, 6) is -0.0542. The molecule has 2 aromatic carbocycles. The second-order valence-electron chi connectivity index (χ2n) is 4.58. The van der Waals surface area contributed by atoms with Gasteiger partial charge in [0.15, 0.2) is 0 Å². The number of fused-ring (bicyclic) bond motifs is 1. The lowest BCUT2D eigenvalue weighted by Gasteiger charge is -2.07. The van der Waals surface area contributed by atoms with Crippen LogP contribution in [0.5, 0.6) is 0 Å². The van der Waals surface area contributed by atoms with Crippen molar-refractivity contribution in [2.75, 3.05) is 5.32 Å². The summed E-state index contributed by atoms with van der Waals surface area (Å²) >= 11 is 3.40. The summed E-state index contributed by atoms with van der Waals surface area (Å²) in [4.78, 5) is 12.0. The maximum absolute atomic E-state index is 12.0. The number of rotatable bonds is 4. The van der Waals surface area contributed by atoms with Gasteiger partial charge in [0.2, 0.25) is 5.91 Å². The average Bonchev–Trinajstić information content (AvgIpc) is 2.91. The normalized spacial score (nSPS) is 10.7. The lowest BCUT2D eigenvalue weighted by atomic mass is 10.3. The van der Waals surface area contributed by atoms with E-state index in [9.17, 15) is 4.79 Å². The highest BCUT2D eigenvalue weighted by molar-refractivity contribution is 9.10. The number of benzene rings is 2. The van der Waals surface area contributed by atoms with Gasteiger partial charge < -0.3 is 5.32 Å². The highest BCUT2D eigenvalue weighted by Crippen LogP contribution is 2.21. The van der Waals surface area contributed by atoms with E-state index in [4.69, 9.17) is 0 Å². The summed E-state index contributed by atoms with van der Waals surface area (Å²) in [6.45, 7) is 0.497. The van der Waals surface area contributed by atoms with Crippen LogP contribution in [0.25, 0.3) is 11.0 Å². The molecular formula is C15H13BrN4O. The van der Waals surface area contributed by atoms with Gasteiger partial charge in [-0.25, -0.2) is 4.68 Å². The molecule has 6 heteroatoms. The minimum absolute atomic E-state index is 0.0542. The second kappa shape index (κ2) is 6.05. The molecule has 0 unspecified atom stereocenters. The third-order valence-corrected chi connectivity index (χ3v) is 3.81. The van der Waals surface area contributed by atoms with Crippen molar-refractivity contribution in [1.82, 2.24) is 15.0 Å². The molecule has 0 saturated heterocycles. The number of aromatic nitrogens is 3. The zero-order valence-electron chi connectivity index (χ0n) is 11.2. The molecule has 0 saturated carbocycles. The Morgan fingerprint density at radius 1 is 1.14 bits per heavy atom. The number of nitrogens with one attached hydrogen (secondary N) is 1. The number of carbonyl (C=O) groups is 1. The number of para-hydroxylation sites is 2. The first-order valence-electron chi connectivity index (χ1n) is 6.56. The fraction of sp³-hybridized carbons (Fsp3) is 0.133. The molecule has 0 aliphatic carbocycles. The second-order valence-corrected chi connectivity index (χ2v) is 5.43. The van der Waals surface area contributed by atoms with Crippen LogP contribution >= 0.6 is 15.9 Å². The summed E-state index contributed by atoms with van der Waals surface area (Å²) in [6, 6.07) is 15.2. The molecule has 5 nitrogen and oxygen atoms in total. The SMILES string of the molecule is O=C(CCn1nnc2ccccc21)Nc1ccccc1Br.